The van der Waals surface area contributed by atoms with E-state index in [0.29, 0.717) is 6.04 Å². The van der Waals surface area contributed by atoms with Gasteiger partial charge in [0.2, 0.25) is 0 Å². The van der Waals surface area contributed by atoms with Gasteiger partial charge in [0.25, 0.3) is 0 Å². The van der Waals surface area contributed by atoms with E-state index in [9.17, 15) is 0 Å². The maximum Gasteiger partial charge on any atom is 0.126 e. The molecule has 2 heterocycles. The van der Waals surface area contributed by atoms with Gasteiger partial charge in [-0.25, -0.2) is 4.98 Å². The van der Waals surface area contributed by atoms with E-state index < -0.39 is 0 Å². The van der Waals surface area contributed by atoms with Crippen LogP contribution in [0.15, 0.2) is 42.9 Å². The first kappa shape index (κ1) is 12.7. The van der Waals surface area contributed by atoms with Gasteiger partial charge in [0.15, 0.2) is 0 Å². The highest BCUT2D eigenvalue weighted by atomic mass is 15.2. The van der Waals surface area contributed by atoms with Crippen LogP contribution in [0.3, 0.4) is 0 Å². The molecule has 0 fully saturated rings. The first-order chi connectivity index (χ1) is 9.61. The molecule has 1 aromatic carbocycles. The molecule has 0 saturated carbocycles. The van der Waals surface area contributed by atoms with E-state index in [1.54, 1.807) is 0 Å². The van der Waals surface area contributed by atoms with Gasteiger partial charge < -0.3 is 5.32 Å². The molecule has 0 aliphatic heterocycles. The molecule has 4 heteroatoms. The lowest BCUT2D eigenvalue weighted by molar-refractivity contribution is 0.768. The second kappa shape index (κ2) is 4.96. The lowest BCUT2D eigenvalue weighted by atomic mass is 10.1. The monoisotopic (exact) mass is 266 g/mol. The van der Waals surface area contributed by atoms with Crippen LogP contribution < -0.4 is 5.32 Å². The highest BCUT2D eigenvalue weighted by molar-refractivity contribution is 5.88. The van der Waals surface area contributed by atoms with E-state index in [1.165, 1.54) is 10.9 Å². The van der Waals surface area contributed by atoms with Crippen molar-refractivity contribution in [3.8, 4) is 11.1 Å². The van der Waals surface area contributed by atoms with Gasteiger partial charge in [-0.15, -0.1) is 0 Å². The predicted molar refractivity (Wildman–Crippen MR) is 82.7 cm³/mol. The molecule has 0 amide bonds. The summed E-state index contributed by atoms with van der Waals surface area (Å²) in [5.41, 5.74) is 2.30. The third kappa shape index (κ3) is 2.50. The third-order valence-electron chi connectivity index (χ3n) is 3.20. The van der Waals surface area contributed by atoms with Crippen LogP contribution in [0.4, 0.5) is 5.82 Å². The number of aromatic nitrogens is 3. The zero-order chi connectivity index (χ0) is 14.1. The Kier molecular flexibility index (Phi) is 3.14. The van der Waals surface area contributed by atoms with Gasteiger partial charge in [0.05, 0.1) is 6.20 Å². The number of hydrogen-bond acceptors (Lipinski definition) is 3. The molecule has 20 heavy (non-hydrogen) atoms. The molecule has 3 aromatic rings. The number of fused-ring (bicyclic) bond motifs is 1. The SMILES string of the molecule is CC(C)Nc1cc2cc(-c3cnn(C)c3)ccc2cn1. The molecule has 0 bridgehead atoms. The molecule has 0 spiro atoms. The summed E-state index contributed by atoms with van der Waals surface area (Å²) < 4.78 is 1.82. The number of nitrogens with zero attached hydrogens (tertiary/aromatic N) is 3. The van der Waals surface area contributed by atoms with E-state index in [0.717, 1.165) is 16.8 Å². The summed E-state index contributed by atoms with van der Waals surface area (Å²) in [6.07, 6.45) is 5.82. The lowest BCUT2D eigenvalue weighted by Crippen LogP contribution is -2.10. The highest BCUT2D eigenvalue weighted by Crippen LogP contribution is 2.25. The second-order valence-electron chi connectivity index (χ2n) is 5.33. The quantitative estimate of drug-likeness (QED) is 0.789. The maximum atomic E-state index is 4.43. The van der Waals surface area contributed by atoms with Crippen LogP contribution in [0.5, 0.6) is 0 Å². The van der Waals surface area contributed by atoms with Crippen LogP contribution in [0.2, 0.25) is 0 Å². The fourth-order valence-corrected chi connectivity index (χ4v) is 2.27. The minimum Gasteiger partial charge on any atom is -0.368 e. The Bertz CT molecular complexity index is 743. The van der Waals surface area contributed by atoms with Gasteiger partial charge in [0, 0.05) is 36.4 Å². The molecule has 0 unspecified atom stereocenters. The van der Waals surface area contributed by atoms with Crippen molar-refractivity contribution in [3.05, 3.63) is 42.9 Å². The van der Waals surface area contributed by atoms with Crippen LogP contribution in [0.1, 0.15) is 13.8 Å². The third-order valence-corrected chi connectivity index (χ3v) is 3.20. The number of hydrogen-bond donors (Lipinski definition) is 1. The number of nitrogens with one attached hydrogen (secondary N) is 1. The number of rotatable bonds is 3. The van der Waals surface area contributed by atoms with Crippen molar-refractivity contribution >= 4 is 16.6 Å². The Morgan fingerprint density at radius 1 is 1.05 bits per heavy atom. The van der Waals surface area contributed by atoms with Crippen molar-refractivity contribution in [1.82, 2.24) is 14.8 Å². The Morgan fingerprint density at radius 3 is 2.60 bits per heavy atom. The van der Waals surface area contributed by atoms with E-state index in [-0.39, 0.29) is 0 Å². The molecule has 0 saturated heterocycles. The average Bonchev–Trinajstić information content (AvgIpc) is 2.84. The summed E-state index contributed by atoms with van der Waals surface area (Å²) in [4.78, 5) is 4.43. The molecule has 1 N–H and O–H groups in total. The second-order valence-corrected chi connectivity index (χ2v) is 5.33. The largest absolute Gasteiger partial charge is 0.368 e. The van der Waals surface area contributed by atoms with Crippen LogP contribution in [0.25, 0.3) is 21.9 Å². The predicted octanol–water partition coefficient (Wildman–Crippen LogP) is 3.46. The van der Waals surface area contributed by atoms with Crippen molar-refractivity contribution < 1.29 is 0 Å². The highest BCUT2D eigenvalue weighted by Gasteiger charge is 2.04. The Labute approximate surface area is 118 Å². The van der Waals surface area contributed by atoms with Crippen LogP contribution in [-0.2, 0) is 7.05 Å². The van der Waals surface area contributed by atoms with Gasteiger partial charge in [-0.2, -0.15) is 5.10 Å². The molecule has 4 nitrogen and oxygen atoms in total. The summed E-state index contributed by atoms with van der Waals surface area (Å²) in [6.45, 7) is 4.22. The van der Waals surface area contributed by atoms with Crippen molar-refractivity contribution in [1.29, 1.82) is 0 Å². The summed E-state index contributed by atoms with van der Waals surface area (Å²) in [5.74, 6) is 0.913. The number of anilines is 1. The molecule has 2 aromatic heterocycles. The van der Waals surface area contributed by atoms with Gasteiger partial charge in [0.1, 0.15) is 5.82 Å². The van der Waals surface area contributed by atoms with Crippen LogP contribution >= 0.6 is 0 Å². The van der Waals surface area contributed by atoms with Gasteiger partial charge in [-0.05, 0) is 36.9 Å². The zero-order valence-corrected chi connectivity index (χ0v) is 12.0. The fourth-order valence-electron chi connectivity index (χ4n) is 2.27. The molecule has 0 aliphatic carbocycles. The standard InChI is InChI=1S/C16H18N4/c1-11(2)19-16-7-14-6-12(4-5-13(14)8-17-16)15-9-18-20(3)10-15/h4-11H,1-3H3,(H,17,19). The summed E-state index contributed by atoms with van der Waals surface area (Å²) in [5, 5.41) is 9.88. The van der Waals surface area contributed by atoms with Gasteiger partial charge in [-0.3, -0.25) is 4.68 Å². The molecule has 0 aliphatic rings. The first-order valence-corrected chi connectivity index (χ1v) is 6.77. The summed E-state index contributed by atoms with van der Waals surface area (Å²) in [7, 11) is 1.93. The van der Waals surface area contributed by atoms with Crippen LogP contribution in [0, 0.1) is 0 Å². The van der Waals surface area contributed by atoms with E-state index in [1.807, 2.05) is 30.3 Å². The fraction of sp³-hybridized carbons (Fsp3) is 0.250. The van der Waals surface area contributed by atoms with Crippen molar-refractivity contribution in [3.63, 3.8) is 0 Å². The zero-order valence-electron chi connectivity index (χ0n) is 12.0. The van der Waals surface area contributed by atoms with Crippen molar-refractivity contribution in [2.75, 3.05) is 5.32 Å². The van der Waals surface area contributed by atoms with E-state index in [2.05, 4.69) is 53.5 Å². The van der Waals surface area contributed by atoms with Crippen molar-refractivity contribution in [2.45, 2.75) is 19.9 Å². The molecule has 3 rings (SSSR count). The summed E-state index contributed by atoms with van der Waals surface area (Å²) >= 11 is 0. The lowest BCUT2D eigenvalue weighted by Gasteiger charge is -2.10. The van der Waals surface area contributed by atoms with Crippen molar-refractivity contribution in [2.24, 2.45) is 7.05 Å². The molecular weight excluding hydrogens is 248 g/mol. The molecular formula is C16H18N4. The number of aryl methyl sites for hydroxylation is 1. The van der Waals surface area contributed by atoms with Crippen LogP contribution in [-0.4, -0.2) is 20.8 Å². The Hall–Kier alpha value is -2.36. The smallest absolute Gasteiger partial charge is 0.126 e. The maximum absolute atomic E-state index is 4.43. The normalized spacial score (nSPS) is 11.2. The summed E-state index contributed by atoms with van der Waals surface area (Å²) in [6, 6.07) is 8.86. The minimum atomic E-state index is 0.376. The van der Waals surface area contributed by atoms with Gasteiger partial charge >= 0.3 is 0 Å². The Morgan fingerprint density at radius 2 is 1.90 bits per heavy atom. The molecule has 0 radical (unpaired) electrons. The number of pyridine rings is 1. The molecule has 0 atom stereocenters. The number of benzene rings is 1. The Balaban J connectivity index is 2.04. The van der Waals surface area contributed by atoms with E-state index >= 15 is 0 Å². The topological polar surface area (TPSA) is 42.7 Å². The average molecular weight is 266 g/mol. The first-order valence-electron chi connectivity index (χ1n) is 6.77. The van der Waals surface area contributed by atoms with E-state index in [4.69, 9.17) is 0 Å². The minimum absolute atomic E-state index is 0.376. The molecule has 102 valence electrons. The van der Waals surface area contributed by atoms with Gasteiger partial charge in [-0.1, -0.05) is 12.1 Å².